The number of nitrogens with zero attached hydrogens (tertiary/aromatic N) is 2. The van der Waals surface area contributed by atoms with Crippen molar-refractivity contribution in [3.05, 3.63) is 66.4 Å². The molecular formula is C27H33F3N2O3S. The van der Waals surface area contributed by atoms with E-state index >= 15 is 0 Å². The fourth-order valence-electron chi connectivity index (χ4n) is 4.52. The molecule has 0 amide bonds. The number of benzene rings is 2. The highest BCUT2D eigenvalue weighted by molar-refractivity contribution is 7.92. The minimum absolute atomic E-state index is 0.179. The Bertz CT molecular complexity index is 1250. The molecule has 2 heterocycles. The number of sulfone groups is 1. The summed E-state index contributed by atoms with van der Waals surface area (Å²) in [7, 11) is -3.97. The summed E-state index contributed by atoms with van der Waals surface area (Å²) in [6.45, 7) is 10.6. The lowest BCUT2D eigenvalue weighted by atomic mass is 9.85. The molecule has 0 aliphatic carbocycles. The van der Waals surface area contributed by atoms with Gasteiger partial charge in [-0.25, -0.2) is 8.42 Å². The third kappa shape index (κ3) is 5.88. The van der Waals surface area contributed by atoms with E-state index in [9.17, 15) is 21.6 Å². The molecule has 0 N–H and O–H groups in total. The number of rotatable bonds is 4. The van der Waals surface area contributed by atoms with Gasteiger partial charge in [-0.1, -0.05) is 38.1 Å². The summed E-state index contributed by atoms with van der Waals surface area (Å²) in [4.78, 5) is 14.4. The first-order valence-electron chi connectivity index (χ1n) is 11.8. The van der Waals surface area contributed by atoms with Crippen molar-refractivity contribution in [3.63, 3.8) is 0 Å². The maximum Gasteiger partial charge on any atom is 0.416 e. The Balaban J connectivity index is 0.00000109. The summed E-state index contributed by atoms with van der Waals surface area (Å²) in [5.74, 6) is -0.179. The van der Waals surface area contributed by atoms with Gasteiger partial charge in [0.2, 0.25) is 0 Å². The van der Waals surface area contributed by atoms with Crippen molar-refractivity contribution in [2.45, 2.75) is 56.4 Å². The first-order chi connectivity index (χ1) is 17.0. The molecule has 0 unspecified atom stereocenters. The number of para-hydroxylation sites is 1. The molecule has 1 aliphatic rings. The van der Waals surface area contributed by atoms with Crippen LogP contribution in [0.3, 0.4) is 0 Å². The van der Waals surface area contributed by atoms with Crippen molar-refractivity contribution in [2.75, 3.05) is 18.0 Å². The van der Waals surface area contributed by atoms with E-state index in [1.807, 2.05) is 51.0 Å². The summed E-state index contributed by atoms with van der Waals surface area (Å²) in [5.41, 5.74) is 0.969. The van der Waals surface area contributed by atoms with Crippen LogP contribution in [0.1, 0.15) is 46.1 Å². The number of carbonyl (C=O) groups is 1. The largest absolute Gasteiger partial charge is 0.416 e. The highest BCUT2D eigenvalue weighted by atomic mass is 32.2. The van der Waals surface area contributed by atoms with Gasteiger partial charge in [-0.05, 0) is 62.9 Å². The molecule has 4 rings (SSSR count). The number of piperidine rings is 1. The summed E-state index contributed by atoms with van der Waals surface area (Å²) in [6, 6.07) is 13.9. The van der Waals surface area contributed by atoms with Crippen LogP contribution in [0.15, 0.2) is 65.7 Å². The molecule has 0 saturated carbocycles. The standard InChI is InChI=1S/C24H25F3N2O2S.C2H6.CH2O/c1-23(2,32(30,31)20-9-4-8-19(16-20)24(25,26)27)18-11-14-29(15-12-18)21-10-3-6-17-7-5-13-28-22(17)21;2*1-2/h3-10,13,16,18H,11-12,14-15H2,1-2H3;1-2H3;1H2. The number of aromatic nitrogens is 1. The van der Waals surface area contributed by atoms with Crippen LogP contribution in [-0.4, -0.2) is 38.0 Å². The monoisotopic (exact) mass is 522 g/mol. The van der Waals surface area contributed by atoms with E-state index in [1.54, 1.807) is 20.0 Å². The van der Waals surface area contributed by atoms with Crippen molar-refractivity contribution < 1.29 is 26.4 Å². The van der Waals surface area contributed by atoms with Crippen LogP contribution < -0.4 is 4.90 Å². The molecule has 3 aromatic rings. The van der Waals surface area contributed by atoms with E-state index in [-0.39, 0.29) is 10.8 Å². The van der Waals surface area contributed by atoms with Gasteiger partial charge in [0.25, 0.3) is 0 Å². The van der Waals surface area contributed by atoms with Crippen LogP contribution in [0.4, 0.5) is 18.9 Å². The zero-order valence-corrected chi connectivity index (χ0v) is 21.9. The molecule has 0 bridgehead atoms. The summed E-state index contributed by atoms with van der Waals surface area (Å²) >= 11 is 0. The Morgan fingerprint density at radius 3 is 2.14 bits per heavy atom. The van der Waals surface area contributed by atoms with Gasteiger partial charge >= 0.3 is 6.18 Å². The number of halogens is 3. The number of carbonyl (C=O) groups excluding carboxylic acids is 1. The van der Waals surface area contributed by atoms with Gasteiger partial charge in [0.15, 0.2) is 9.84 Å². The van der Waals surface area contributed by atoms with E-state index < -0.39 is 26.3 Å². The average molecular weight is 523 g/mol. The van der Waals surface area contributed by atoms with Gasteiger partial charge < -0.3 is 9.69 Å². The Morgan fingerprint density at radius 1 is 0.944 bits per heavy atom. The normalized spacial score (nSPS) is 14.9. The Hall–Kier alpha value is -2.94. The van der Waals surface area contributed by atoms with Gasteiger partial charge in [-0.15, -0.1) is 0 Å². The molecule has 5 nitrogen and oxygen atoms in total. The van der Waals surface area contributed by atoms with E-state index in [1.165, 1.54) is 6.07 Å². The first kappa shape index (κ1) is 29.3. The Morgan fingerprint density at radius 2 is 1.53 bits per heavy atom. The number of pyridine rings is 1. The fraction of sp³-hybridized carbons (Fsp3) is 0.407. The lowest BCUT2D eigenvalue weighted by molar-refractivity contribution is -0.137. The van der Waals surface area contributed by atoms with E-state index in [4.69, 9.17) is 4.79 Å². The van der Waals surface area contributed by atoms with E-state index in [0.29, 0.717) is 25.9 Å². The highest BCUT2D eigenvalue weighted by Gasteiger charge is 2.44. The lowest BCUT2D eigenvalue weighted by Gasteiger charge is -2.41. The van der Waals surface area contributed by atoms with Gasteiger partial charge in [-0.2, -0.15) is 13.2 Å². The predicted octanol–water partition coefficient (Wildman–Crippen LogP) is 6.56. The molecule has 0 spiro atoms. The molecule has 1 fully saturated rings. The molecule has 9 heteroatoms. The second-order valence-electron chi connectivity index (χ2n) is 8.75. The van der Waals surface area contributed by atoms with Crippen LogP contribution in [0, 0.1) is 5.92 Å². The number of hydrogen-bond acceptors (Lipinski definition) is 5. The van der Waals surface area contributed by atoms with Crippen molar-refractivity contribution in [1.82, 2.24) is 4.98 Å². The summed E-state index contributed by atoms with van der Waals surface area (Å²) < 4.78 is 64.9. The third-order valence-corrected chi connectivity index (χ3v) is 9.19. The van der Waals surface area contributed by atoms with Crippen LogP contribution in [0.25, 0.3) is 10.9 Å². The highest BCUT2D eigenvalue weighted by Crippen LogP contribution is 2.40. The van der Waals surface area contributed by atoms with Gasteiger partial charge in [0.05, 0.1) is 26.4 Å². The molecule has 196 valence electrons. The fourth-order valence-corrected chi connectivity index (χ4v) is 6.34. The lowest BCUT2D eigenvalue weighted by Crippen LogP contribution is -2.46. The van der Waals surface area contributed by atoms with Crippen LogP contribution in [0.2, 0.25) is 0 Å². The molecule has 1 saturated heterocycles. The van der Waals surface area contributed by atoms with Crippen molar-refractivity contribution in [1.29, 1.82) is 0 Å². The summed E-state index contributed by atoms with van der Waals surface area (Å²) in [6.07, 6.45) is -1.60. The molecular weight excluding hydrogens is 489 g/mol. The molecule has 1 aromatic heterocycles. The molecule has 1 aliphatic heterocycles. The maximum atomic E-state index is 13.4. The van der Waals surface area contributed by atoms with Gasteiger partial charge in [0.1, 0.15) is 6.79 Å². The Kier molecular flexibility index (Phi) is 9.65. The van der Waals surface area contributed by atoms with E-state index in [0.717, 1.165) is 34.8 Å². The van der Waals surface area contributed by atoms with E-state index in [2.05, 4.69) is 9.88 Å². The number of anilines is 1. The second kappa shape index (κ2) is 11.9. The number of fused-ring (bicyclic) bond motifs is 1. The van der Waals surface area contributed by atoms with Gasteiger partial charge in [-0.3, -0.25) is 4.98 Å². The van der Waals surface area contributed by atoms with Crippen LogP contribution in [-0.2, 0) is 20.8 Å². The van der Waals surface area contributed by atoms with Crippen molar-refractivity contribution >= 4 is 33.2 Å². The molecule has 36 heavy (non-hydrogen) atoms. The minimum Gasteiger partial charge on any atom is -0.370 e. The molecule has 0 radical (unpaired) electrons. The maximum absolute atomic E-state index is 13.4. The topological polar surface area (TPSA) is 67.3 Å². The van der Waals surface area contributed by atoms with Crippen LogP contribution >= 0.6 is 0 Å². The average Bonchev–Trinajstić information content (AvgIpc) is 2.90. The first-order valence-corrected chi connectivity index (χ1v) is 13.3. The van der Waals surface area contributed by atoms with Gasteiger partial charge in [0, 0.05) is 24.7 Å². The smallest absolute Gasteiger partial charge is 0.370 e. The quantitative estimate of drug-likeness (QED) is 0.388. The minimum atomic E-state index is -4.59. The zero-order chi connectivity index (χ0) is 27.1. The number of hydrogen-bond donors (Lipinski definition) is 0. The third-order valence-electron chi connectivity index (χ3n) is 6.59. The predicted molar refractivity (Wildman–Crippen MR) is 138 cm³/mol. The van der Waals surface area contributed by atoms with Crippen molar-refractivity contribution in [3.8, 4) is 0 Å². The summed E-state index contributed by atoms with van der Waals surface area (Å²) in [5, 5.41) is 1.04. The molecule has 0 atom stereocenters. The Labute approximate surface area is 211 Å². The SMILES string of the molecule is C=O.CC.CC(C)(C1CCN(c2cccc3cccnc23)CC1)S(=O)(=O)c1cccc(C(F)(F)F)c1. The number of alkyl halides is 3. The van der Waals surface area contributed by atoms with Crippen molar-refractivity contribution in [2.24, 2.45) is 5.92 Å². The zero-order valence-electron chi connectivity index (χ0n) is 21.0. The molecule has 2 aromatic carbocycles. The van der Waals surface area contributed by atoms with Crippen LogP contribution in [0.5, 0.6) is 0 Å². The second-order valence-corrected chi connectivity index (χ2v) is 11.3.